The molecule has 2 rings (SSSR count). The van der Waals surface area contributed by atoms with Crippen molar-refractivity contribution in [2.24, 2.45) is 5.92 Å². The van der Waals surface area contributed by atoms with Crippen molar-refractivity contribution in [1.29, 1.82) is 0 Å². The molecule has 5 nitrogen and oxygen atoms in total. The minimum Gasteiger partial charge on any atom is -0.481 e. The molecule has 1 saturated heterocycles. The van der Waals surface area contributed by atoms with Crippen LogP contribution >= 0.6 is 0 Å². The van der Waals surface area contributed by atoms with E-state index >= 15 is 0 Å². The van der Waals surface area contributed by atoms with Gasteiger partial charge < -0.3 is 10.0 Å². The summed E-state index contributed by atoms with van der Waals surface area (Å²) < 4.78 is 0. The van der Waals surface area contributed by atoms with Crippen molar-refractivity contribution in [2.45, 2.75) is 39.5 Å². The molecule has 1 atom stereocenters. The van der Waals surface area contributed by atoms with Gasteiger partial charge in [-0.15, -0.1) is 0 Å². The molecule has 0 aromatic carbocycles. The zero-order chi connectivity index (χ0) is 14.0. The highest BCUT2D eigenvalue weighted by Gasteiger charge is 2.26. The molecular formula is C14H21N3O2. The van der Waals surface area contributed by atoms with Gasteiger partial charge in [0.15, 0.2) is 0 Å². The molecule has 1 N–H and O–H groups in total. The number of aromatic nitrogens is 2. The second-order valence-electron chi connectivity index (χ2n) is 5.50. The van der Waals surface area contributed by atoms with Crippen LogP contribution < -0.4 is 4.90 Å². The normalized spacial score (nSPS) is 19.8. The Kier molecular flexibility index (Phi) is 4.02. The maximum absolute atomic E-state index is 11.1. The Morgan fingerprint density at radius 2 is 2.21 bits per heavy atom. The van der Waals surface area contributed by atoms with E-state index < -0.39 is 5.97 Å². The first kappa shape index (κ1) is 13.8. The molecule has 1 unspecified atom stereocenters. The van der Waals surface area contributed by atoms with Gasteiger partial charge in [0.05, 0.1) is 5.92 Å². The number of hydrogen-bond acceptors (Lipinski definition) is 4. The Bertz CT molecular complexity index is 474. The van der Waals surface area contributed by atoms with Gasteiger partial charge in [-0.25, -0.2) is 9.97 Å². The van der Waals surface area contributed by atoms with Gasteiger partial charge in [-0.2, -0.15) is 0 Å². The van der Waals surface area contributed by atoms with Gasteiger partial charge >= 0.3 is 5.97 Å². The molecule has 1 aliphatic rings. The maximum atomic E-state index is 11.1. The number of hydrogen-bond donors (Lipinski definition) is 1. The molecular weight excluding hydrogens is 242 g/mol. The minimum absolute atomic E-state index is 0.277. The molecule has 0 amide bonds. The van der Waals surface area contributed by atoms with Crippen LogP contribution in [-0.4, -0.2) is 34.1 Å². The summed E-state index contributed by atoms with van der Waals surface area (Å²) in [6.07, 6.45) is 1.66. The summed E-state index contributed by atoms with van der Waals surface area (Å²) in [4.78, 5) is 22.2. The number of aryl methyl sites for hydroxylation is 1. The van der Waals surface area contributed by atoms with E-state index in [0.29, 0.717) is 6.54 Å². The number of aliphatic carboxylic acids is 1. The quantitative estimate of drug-likeness (QED) is 0.905. The van der Waals surface area contributed by atoms with E-state index in [1.165, 1.54) is 0 Å². The number of carboxylic acids is 1. The monoisotopic (exact) mass is 263 g/mol. The summed E-state index contributed by atoms with van der Waals surface area (Å²) in [5.74, 6) is 0.972. The number of rotatable bonds is 3. The third-order valence-electron chi connectivity index (χ3n) is 3.47. The average molecular weight is 263 g/mol. The summed E-state index contributed by atoms with van der Waals surface area (Å²) in [6, 6.07) is 1.94. The van der Waals surface area contributed by atoms with Crippen molar-refractivity contribution in [2.75, 3.05) is 18.0 Å². The standard InChI is InChI=1S/C14H21N3O2/c1-9(2)13-15-10(3)7-12(16-13)17-6-4-5-11(8-17)14(18)19/h7,9,11H,4-6,8H2,1-3H3,(H,18,19). The van der Waals surface area contributed by atoms with Gasteiger partial charge in [-0.3, -0.25) is 4.79 Å². The van der Waals surface area contributed by atoms with E-state index in [1.807, 2.05) is 13.0 Å². The molecule has 5 heteroatoms. The largest absolute Gasteiger partial charge is 0.481 e. The third-order valence-corrected chi connectivity index (χ3v) is 3.47. The number of anilines is 1. The van der Waals surface area contributed by atoms with Crippen molar-refractivity contribution in [3.8, 4) is 0 Å². The van der Waals surface area contributed by atoms with Gasteiger partial charge in [0.2, 0.25) is 0 Å². The molecule has 1 aromatic rings. The van der Waals surface area contributed by atoms with Crippen LogP contribution in [-0.2, 0) is 4.79 Å². The van der Waals surface area contributed by atoms with Crippen molar-refractivity contribution >= 4 is 11.8 Å². The molecule has 1 aliphatic heterocycles. The lowest BCUT2D eigenvalue weighted by Gasteiger charge is -2.32. The van der Waals surface area contributed by atoms with Gasteiger partial charge in [0.1, 0.15) is 11.6 Å². The van der Waals surface area contributed by atoms with Crippen LogP contribution in [0.1, 0.15) is 44.1 Å². The number of piperidine rings is 1. The van der Waals surface area contributed by atoms with Crippen LogP contribution in [0.25, 0.3) is 0 Å². The molecule has 1 aromatic heterocycles. The molecule has 2 heterocycles. The van der Waals surface area contributed by atoms with Crippen LogP contribution in [0.5, 0.6) is 0 Å². The number of carboxylic acid groups (broad SMARTS) is 1. The third kappa shape index (κ3) is 3.22. The van der Waals surface area contributed by atoms with Gasteiger partial charge in [0, 0.05) is 30.8 Å². The molecule has 104 valence electrons. The number of carbonyl (C=O) groups is 1. The molecule has 0 spiro atoms. The van der Waals surface area contributed by atoms with Crippen molar-refractivity contribution < 1.29 is 9.90 Å². The van der Waals surface area contributed by atoms with E-state index in [4.69, 9.17) is 5.11 Å². The molecule has 0 radical (unpaired) electrons. The maximum Gasteiger partial charge on any atom is 0.308 e. The van der Waals surface area contributed by atoms with Crippen LogP contribution in [0.3, 0.4) is 0 Å². The lowest BCUT2D eigenvalue weighted by atomic mass is 9.98. The first-order chi connectivity index (χ1) is 8.97. The van der Waals surface area contributed by atoms with Crippen LogP contribution in [0, 0.1) is 12.8 Å². The van der Waals surface area contributed by atoms with E-state index in [0.717, 1.165) is 36.7 Å². The smallest absolute Gasteiger partial charge is 0.308 e. The molecule has 0 saturated carbocycles. The lowest BCUT2D eigenvalue weighted by Crippen LogP contribution is -2.39. The van der Waals surface area contributed by atoms with E-state index in [2.05, 4.69) is 28.7 Å². The van der Waals surface area contributed by atoms with Gasteiger partial charge in [0.25, 0.3) is 0 Å². The van der Waals surface area contributed by atoms with Crippen molar-refractivity contribution in [3.63, 3.8) is 0 Å². The molecule has 19 heavy (non-hydrogen) atoms. The summed E-state index contributed by atoms with van der Waals surface area (Å²) in [7, 11) is 0. The Morgan fingerprint density at radius 3 is 2.84 bits per heavy atom. The molecule has 0 bridgehead atoms. The first-order valence-corrected chi connectivity index (χ1v) is 6.80. The van der Waals surface area contributed by atoms with Crippen LogP contribution in [0.15, 0.2) is 6.07 Å². The van der Waals surface area contributed by atoms with Crippen molar-refractivity contribution in [3.05, 3.63) is 17.6 Å². The second-order valence-corrected chi connectivity index (χ2v) is 5.50. The molecule has 1 fully saturated rings. The minimum atomic E-state index is -0.709. The van der Waals surface area contributed by atoms with Crippen LogP contribution in [0.2, 0.25) is 0 Å². The SMILES string of the molecule is Cc1cc(N2CCCC(C(=O)O)C2)nc(C(C)C)n1. The van der Waals surface area contributed by atoms with Gasteiger partial charge in [-0.1, -0.05) is 13.8 Å². The predicted octanol–water partition coefficient (Wildman–Crippen LogP) is 2.21. The number of nitrogens with zero attached hydrogens (tertiary/aromatic N) is 3. The summed E-state index contributed by atoms with van der Waals surface area (Å²) in [5.41, 5.74) is 0.936. The summed E-state index contributed by atoms with van der Waals surface area (Å²) >= 11 is 0. The average Bonchev–Trinajstić information content (AvgIpc) is 2.38. The summed E-state index contributed by atoms with van der Waals surface area (Å²) in [5, 5.41) is 9.14. The zero-order valence-corrected chi connectivity index (χ0v) is 11.8. The summed E-state index contributed by atoms with van der Waals surface area (Å²) in [6.45, 7) is 7.50. The fourth-order valence-corrected chi connectivity index (χ4v) is 2.38. The predicted molar refractivity (Wildman–Crippen MR) is 73.4 cm³/mol. The zero-order valence-electron chi connectivity index (χ0n) is 11.8. The molecule has 0 aliphatic carbocycles. The van der Waals surface area contributed by atoms with Gasteiger partial charge in [-0.05, 0) is 19.8 Å². The van der Waals surface area contributed by atoms with E-state index in [-0.39, 0.29) is 11.8 Å². The fraction of sp³-hybridized carbons (Fsp3) is 0.643. The highest BCUT2D eigenvalue weighted by atomic mass is 16.4. The highest BCUT2D eigenvalue weighted by molar-refractivity contribution is 5.71. The van der Waals surface area contributed by atoms with E-state index in [9.17, 15) is 4.79 Å². The fourth-order valence-electron chi connectivity index (χ4n) is 2.38. The van der Waals surface area contributed by atoms with E-state index in [1.54, 1.807) is 0 Å². The van der Waals surface area contributed by atoms with Crippen LogP contribution in [0.4, 0.5) is 5.82 Å². The Balaban J connectivity index is 2.23. The Labute approximate surface area is 113 Å². The first-order valence-electron chi connectivity index (χ1n) is 6.80. The lowest BCUT2D eigenvalue weighted by molar-refractivity contribution is -0.141. The Hall–Kier alpha value is -1.65. The highest BCUT2D eigenvalue weighted by Crippen LogP contribution is 2.23. The van der Waals surface area contributed by atoms with Crippen molar-refractivity contribution in [1.82, 2.24) is 9.97 Å². The topological polar surface area (TPSA) is 66.3 Å². The Morgan fingerprint density at radius 1 is 1.47 bits per heavy atom. The second kappa shape index (κ2) is 5.55.